The van der Waals surface area contributed by atoms with E-state index in [1.165, 1.54) is 0 Å². The molecule has 21 heavy (non-hydrogen) atoms. The summed E-state index contributed by atoms with van der Waals surface area (Å²) >= 11 is 0. The predicted molar refractivity (Wildman–Crippen MR) is 74.5 cm³/mol. The van der Waals surface area contributed by atoms with E-state index in [1.807, 2.05) is 0 Å². The van der Waals surface area contributed by atoms with Crippen molar-refractivity contribution in [2.24, 2.45) is 0 Å². The Balaban J connectivity index is 1.67. The summed E-state index contributed by atoms with van der Waals surface area (Å²) in [5, 5.41) is 10.8. The molecule has 3 heterocycles. The Morgan fingerprint density at radius 2 is 1.90 bits per heavy atom. The van der Waals surface area contributed by atoms with Crippen molar-refractivity contribution in [3.63, 3.8) is 0 Å². The van der Waals surface area contributed by atoms with Crippen molar-refractivity contribution in [3.05, 3.63) is 39.9 Å². The number of ether oxygens (including phenoxy) is 2. The topological polar surface area (TPSA) is 64.8 Å². The normalized spacial score (nSPS) is 41.4. The van der Waals surface area contributed by atoms with Crippen LogP contribution in [0.2, 0.25) is 0 Å². The monoisotopic (exact) mass is 290 g/mol. The Morgan fingerprint density at radius 1 is 1.24 bits per heavy atom. The molecule has 0 aromatic heterocycles. The summed E-state index contributed by atoms with van der Waals surface area (Å²) in [6, 6.07) is 6.86. The van der Waals surface area contributed by atoms with Gasteiger partial charge in [-0.3, -0.25) is 10.1 Å². The zero-order valence-electron chi connectivity index (χ0n) is 12.1. The molecule has 3 aliphatic rings. The van der Waals surface area contributed by atoms with Gasteiger partial charge in [-0.1, -0.05) is 0 Å². The molecular weight excluding hydrogens is 272 g/mol. The van der Waals surface area contributed by atoms with E-state index in [9.17, 15) is 10.1 Å². The fourth-order valence-corrected chi connectivity index (χ4v) is 4.15. The van der Waals surface area contributed by atoms with Gasteiger partial charge in [0.25, 0.3) is 5.69 Å². The molecule has 0 amide bonds. The minimum absolute atomic E-state index is 0.0853. The van der Waals surface area contributed by atoms with Gasteiger partial charge in [0.1, 0.15) is 17.6 Å². The third-order valence-corrected chi connectivity index (χ3v) is 5.13. The summed E-state index contributed by atoms with van der Waals surface area (Å²) in [6.45, 7) is 4.89. The predicted octanol–water partition coefficient (Wildman–Crippen LogP) is 2.59. The van der Waals surface area contributed by atoms with E-state index >= 15 is 0 Å². The Bertz CT molecular complexity index is 604. The molecule has 112 valence electrons. The van der Waals surface area contributed by atoms with Gasteiger partial charge in [0.2, 0.25) is 0 Å². The largest absolute Gasteiger partial charge is 0.359 e. The summed E-state index contributed by atoms with van der Waals surface area (Å²) in [5.74, 6) is 0. The smallest absolute Gasteiger partial charge is 0.269 e. The molecule has 6 nitrogen and oxygen atoms in total. The van der Waals surface area contributed by atoms with Crippen molar-refractivity contribution in [2.45, 2.75) is 50.3 Å². The molecule has 3 saturated heterocycles. The van der Waals surface area contributed by atoms with Crippen molar-refractivity contribution in [2.75, 3.05) is 6.61 Å². The average Bonchev–Trinajstić information content (AvgIpc) is 3.04. The maximum absolute atomic E-state index is 10.8. The average molecular weight is 290 g/mol. The second-order valence-corrected chi connectivity index (χ2v) is 6.49. The van der Waals surface area contributed by atoms with E-state index in [0.717, 1.165) is 18.4 Å². The van der Waals surface area contributed by atoms with Crippen molar-refractivity contribution >= 4 is 5.69 Å². The van der Waals surface area contributed by atoms with Crippen LogP contribution in [0.5, 0.6) is 0 Å². The molecule has 0 N–H and O–H groups in total. The Kier molecular flexibility index (Phi) is 2.53. The van der Waals surface area contributed by atoms with Crippen LogP contribution in [0.15, 0.2) is 24.3 Å². The first-order chi connectivity index (χ1) is 9.93. The highest BCUT2D eigenvalue weighted by molar-refractivity contribution is 5.35. The second kappa shape index (κ2) is 4.03. The molecule has 1 aromatic carbocycles. The summed E-state index contributed by atoms with van der Waals surface area (Å²) in [6.07, 6.45) is 1.84. The minimum Gasteiger partial charge on any atom is -0.359 e. The van der Waals surface area contributed by atoms with Crippen LogP contribution in [0, 0.1) is 10.1 Å². The third-order valence-electron chi connectivity index (χ3n) is 5.13. The molecule has 3 aliphatic heterocycles. The van der Waals surface area contributed by atoms with Crippen LogP contribution in [0.25, 0.3) is 0 Å². The maximum Gasteiger partial charge on any atom is 0.269 e. The van der Waals surface area contributed by atoms with Gasteiger partial charge in [-0.2, -0.15) is 0 Å². The van der Waals surface area contributed by atoms with Gasteiger partial charge < -0.3 is 9.47 Å². The Labute approximate surface area is 122 Å². The van der Waals surface area contributed by atoms with Crippen LogP contribution in [0.1, 0.15) is 38.4 Å². The number of rotatable bonds is 2. The maximum atomic E-state index is 10.8. The Morgan fingerprint density at radius 3 is 2.57 bits per heavy atom. The lowest BCUT2D eigenvalue weighted by molar-refractivity contribution is -0.384. The SMILES string of the molecule is CC12CCC3(C)O[C@@H](c4ccc([N+](=O)[O-])cc4)[C@H](CO1)N23. The van der Waals surface area contributed by atoms with Gasteiger partial charge in [0, 0.05) is 12.1 Å². The molecular formula is C15H18N2O4. The fraction of sp³-hybridized carbons (Fsp3) is 0.600. The van der Waals surface area contributed by atoms with E-state index in [1.54, 1.807) is 24.3 Å². The number of hydrogen-bond acceptors (Lipinski definition) is 5. The van der Waals surface area contributed by atoms with Crippen LogP contribution in [-0.4, -0.2) is 33.9 Å². The van der Waals surface area contributed by atoms with E-state index in [4.69, 9.17) is 9.47 Å². The van der Waals surface area contributed by atoms with Crippen LogP contribution in [-0.2, 0) is 9.47 Å². The molecule has 0 spiro atoms. The van der Waals surface area contributed by atoms with Crippen LogP contribution < -0.4 is 0 Å². The molecule has 3 fully saturated rings. The summed E-state index contributed by atoms with van der Waals surface area (Å²) in [5.41, 5.74) is 0.571. The van der Waals surface area contributed by atoms with Crippen molar-refractivity contribution in [3.8, 4) is 0 Å². The number of nitro groups is 1. The molecule has 0 bridgehead atoms. The lowest BCUT2D eigenvalue weighted by Gasteiger charge is -2.32. The second-order valence-electron chi connectivity index (χ2n) is 6.49. The van der Waals surface area contributed by atoms with Gasteiger partial charge in [-0.25, -0.2) is 4.90 Å². The van der Waals surface area contributed by atoms with E-state index in [0.29, 0.717) is 6.61 Å². The van der Waals surface area contributed by atoms with Crippen LogP contribution >= 0.6 is 0 Å². The lowest BCUT2D eigenvalue weighted by Crippen LogP contribution is -2.47. The first-order valence-electron chi connectivity index (χ1n) is 7.29. The number of non-ortho nitro benzene ring substituents is 1. The molecule has 4 atom stereocenters. The van der Waals surface area contributed by atoms with Gasteiger partial charge in [-0.15, -0.1) is 0 Å². The molecule has 0 aliphatic carbocycles. The number of nitro benzene ring substituents is 1. The lowest BCUT2D eigenvalue weighted by atomic mass is 10.0. The van der Waals surface area contributed by atoms with E-state index in [2.05, 4.69) is 18.7 Å². The number of nitrogens with zero attached hydrogens (tertiary/aromatic N) is 2. The standard InChI is InChI=1S/C15H18N2O4/c1-14-7-8-15(2)16(14)12(9-20-14)13(21-15)10-3-5-11(6-4-10)17(18)19/h3-6,12-13H,7-9H2,1-2H3/t12-,13-,14?,15?/m0/s1. The van der Waals surface area contributed by atoms with Gasteiger partial charge in [-0.05, 0) is 44.4 Å². The molecule has 0 saturated carbocycles. The zero-order chi connectivity index (χ0) is 14.8. The summed E-state index contributed by atoms with van der Waals surface area (Å²) in [7, 11) is 0. The van der Waals surface area contributed by atoms with Crippen LogP contribution in [0.4, 0.5) is 5.69 Å². The fourth-order valence-electron chi connectivity index (χ4n) is 4.15. The van der Waals surface area contributed by atoms with Gasteiger partial charge >= 0.3 is 0 Å². The molecule has 6 heteroatoms. The quantitative estimate of drug-likeness (QED) is 0.618. The summed E-state index contributed by atoms with van der Waals surface area (Å²) in [4.78, 5) is 12.7. The summed E-state index contributed by atoms with van der Waals surface area (Å²) < 4.78 is 12.3. The van der Waals surface area contributed by atoms with Gasteiger partial charge in [0.05, 0.1) is 17.6 Å². The first kappa shape index (κ1) is 13.2. The number of hydrogen-bond donors (Lipinski definition) is 0. The highest BCUT2D eigenvalue weighted by Gasteiger charge is 2.65. The molecule has 2 unspecified atom stereocenters. The van der Waals surface area contributed by atoms with Gasteiger partial charge in [0.15, 0.2) is 0 Å². The highest BCUT2D eigenvalue weighted by atomic mass is 16.6. The zero-order valence-corrected chi connectivity index (χ0v) is 12.1. The van der Waals surface area contributed by atoms with E-state index < -0.39 is 0 Å². The van der Waals surface area contributed by atoms with Crippen molar-refractivity contribution < 1.29 is 14.4 Å². The molecule has 1 aromatic rings. The number of benzene rings is 1. The first-order valence-corrected chi connectivity index (χ1v) is 7.29. The Hall–Kier alpha value is -1.50. The third kappa shape index (κ3) is 1.70. The highest BCUT2D eigenvalue weighted by Crippen LogP contribution is 2.56. The van der Waals surface area contributed by atoms with Crippen LogP contribution in [0.3, 0.4) is 0 Å². The molecule has 4 rings (SSSR count). The molecule has 0 radical (unpaired) electrons. The minimum atomic E-state index is -0.380. The van der Waals surface area contributed by atoms with E-state index in [-0.39, 0.29) is 34.2 Å². The van der Waals surface area contributed by atoms with Crippen molar-refractivity contribution in [1.29, 1.82) is 0 Å². The van der Waals surface area contributed by atoms with Crippen molar-refractivity contribution in [1.82, 2.24) is 4.90 Å².